The van der Waals surface area contributed by atoms with Crippen LogP contribution in [0.5, 0.6) is 0 Å². The summed E-state index contributed by atoms with van der Waals surface area (Å²) in [6, 6.07) is 0.265. The quantitative estimate of drug-likeness (QED) is 0.698. The van der Waals surface area contributed by atoms with Crippen LogP contribution >= 0.6 is 0 Å². The summed E-state index contributed by atoms with van der Waals surface area (Å²) in [6.45, 7) is 3.76. The van der Waals surface area contributed by atoms with Gasteiger partial charge in [0.05, 0.1) is 0 Å². The minimum atomic E-state index is -3.57. The lowest BCUT2D eigenvalue weighted by molar-refractivity contribution is 0.187. The molecule has 1 aromatic heterocycles. The van der Waals surface area contributed by atoms with Gasteiger partial charge in [-0.15, -0.1) is 0 Å². The molecule has 0 aromatic carbocycles. The highest BCUT2D eigenvalue weighted by molar-refractivity contribution is 7.89. The Hall–Kier alpha value is -0.960. The van der Waals surface area contributed by atoms with Crippen molar-refractivity contribution in [2.75, 3.05) is 27.2 Å². The second-order valence-corrected chi connectivity index (χ2v) is 7.33. The summed E-state index contributed by atoms with van der Waals surface area (Å²) >= 11 is 0. The van der Waals surface area contributed by atoms with Gasteiger partial charge in [-0.25, -0.2) is 13.1 Å². The molecule has 1 aromatic rings. The van der Waals surface area contributed by atoms with E-state index in [2.05, 4.69) is 25.1 Å². The number of H-pyrrole nitrogens is 1. The van der Waals surface area contributed by atoms with Crippen LogP contribution in [0, 0.1) is 6.92 Å². The van der Waals surface area contributed by atoms with Crippen LogP contribution in [-0.2, 0) is 16.6 Å². The highest BCUT2D eigenvalue weighted by Crippen LogP contribution is 2.18. The number of aromatic nitrogens is 2. The number of aromatic amines is 1. The third-order valence-electron chi connectivity index (χ3n) is 4.07. The Morgan fingerprint density at radius 3 is 2.86 bits per heavy atom. The fourth-order valence-electron chi connectivity index (χ4n) is 2.71. The molecule has 8 heteroatoms. The first-order valence-electron chi connectivity index (χ1n) is 7.34. The number of aryl methyl sites for hydroxylation is 1. The van der Waals surface area contributed by atoms with Crippen LogP contribution in [0.2, 0.25) is 0 Å². The molecule has 7 nitrogen and oxygen atoms in total. The standard InChI is InChI=1S/C13H25N5O2S/c1-10-12(9-14-2)13(17-16-10)21(19,20)15-8-11-6-4-5-7-18(11)3/h11,14-15H,4-9H2,1-3H3,(H,16,17). The fourth-order valence-corrected chi connectivity index (χ4v) is 3.98. The number of nitrogens with zero attached hydrogens (tertiary/aromatic N) is 2. The molecule has 3 N–H and O–H groups in total. The van der Waals surface area contributed by atoms with Gasteiger partial charge in [0, 0.05) is 30.4 Å². The van der Waals surface area contributed by atoms with Crippen molar-refractivity contribution in [2.45, 2.75) is 43.8 Å². The van der Waals surface area contributed by atoms with Gasteiger partial charge < -0.3 is 10.2 Å². The summed E-state index contributed by atoms with van der Waals surface area (Å²) in [5, 5.41) is 9.80. The number of piperidine rings is 1. The average Bonchev–Trinajstić information content (AvgIpc) is 2.81. The molecule has 120 valence electrons. The Kier molecular flexibility index (Phi) is 5.37. The first-order chi connectivity index (χ1) is 9.95. The Labute approximate surface area is 126 Å². The van der Waals surface area contributed by atoms with Crippen molar-refractivity contribution >= 4 is 10.0 Å². The van der Waals surface area contributed by atoms with Crippen LogP contribution in [0.15, 0.2) is 5.03 Å². The van der Waals surface area contributed by atoms with E-state index in [1.54, 1.807) is 7.05 Å². The van der Waals surface area contributed by atoms with Crippen LogP contribution in [-0.4, -0.2) is 56.7 Å². The van der Waals surface area contributed by atoms with Crippen molar-refractivity contribution in [2.24, 2.45) is 0 Å². The first-order valence-corrected chi connectivity index (χ1v) is 8.82. The average molecular weight is 315 g/mol. The van der Waals surface area contributed by atoms with Gasteiger partial charge in [0.1, 0.15) is 0 Å². The second-order valence-electron chi connectivity index (χ2n) is 5.64. The largest absolute Gasteiger partial charge is 0.316 e. The van der Waals surface area contributed by atoms with Gasteiger partial charge in [-0.05, 0) is 40.4 Å². The number of rotatable bonds is 6. The van der Waals surface area contributed by atoms with Gasteiger partial charge in [-0.2, -0.15) is 5.10 Å². The van der Waals surface area contributed by atoms with Gasteiger partial charge in [-0.1, -0.05) is 6.42 Å². The van der Waals surface area contributed by atoms with Crippen molar-refractivity contribution in [3.63, 3.8) is 0 Å². The zero-order chi connectivity index (χ0) is 15.5. The predicted molar refractivity (Wildman–Crippen MR) is 81.5 cm³/mol. The Bertz CT molecular complexity index is 569. The molecule has 1 aliphatic heterocycles. The monoisotopic (exact) mass is 315 g/mol. The number of sulfonamides is 1. The molecule has 0 spiro atoms. The summed E-state index contributed by atoms with van der Waals surface area (Å²) in [5.41, 5.74) is 1.47. The molecule has 1 atom stereocenters. The van der Waals surface area contributed by atoms with E-state index in [1.807, 2.05) is 14.0 Å². The lowest BCUT2D eigenvalue weighted by Gasteiger charge is -2.32. The molecule has 1 aliphatic rings. The van der Waals surface area contributed by atoms with Crippen LogP contribution < -0.4 is 10.0 Å². The second kappa shape index (κ2) is 6.87. The summed E-state index contributed by atoms with van der Waals surface area (Å²) in [7, 11) is 0.256. The highest BCUT2D eigenvalue weighted by Gasteiger charge is 2.26. The molecule has 2 rings (SSSR count). The van der Waals surface area contributed by atoms with E-state index in [9.17, 15) is 8.42 Å². The zero-order valence-corrected chi connectivity index (χ0v) is 13.8. The minimum Gasteiger partial charge on any atom is -0.316 e. The molecular weight excluding hydrogens is 290 g/mol. The molecular formula is C13H25N5O2S. The minimum absolute atomic E-state index is 0.104. The highest BCUT2D eigenvalue weighted by atomic mass is 32.2. The van der Waals surface area contributed by atoms with E-state index >= 15 is 0 Å². The third-order valence-corrected chi connectivity index (χ3v) is 5.47. The maximum Gasteiger partial charge on any atom is 0.260 e. The van der Waals surface area contributed by atoms with Gasteiger partial charge in [0.2, 0.25) is 0 Å². The molecule has 0 radical (unpaired) electrons. The van der Waals surface area contributed by atoms with Crippen molar-refractivity contribution in [3.8, 4) is 0 Å². The van der Waals surface area contributed by atoms with Gasteiger partial charge in [0.15, 0.2) is 5.03 Å². The molecule has 0 aliphatic carbocycles. The van der Waals surface area contributed by atoms with E-state index < -0.39 is 10.0 Å². The van der Waals surface area contributed by atoms with Crippen LogP contribution in [0.25, 0.3) is 0 Å². The Morgan fingerprint density at radius 2 is 2.19 bits per heavy atom. The van der Waals surface area contributed by atoms with E-state index in [0.29, 0.717) is 18.7 Å². The first kappa shape index (κ1) is 16.4. The van der Waals surface area contributed by atoms with Gasteiger partial charge in [-0.3, -0.25) is 5.10 Å². The van der Waals surface area contributed by atoms with Crippen molar-refractivity contribution in [1.82, 2.24) is 25.1 Å². The van der Waals surface area contributed by atoms with E-state index in [0.717, 1.165) is 25.1 Å². The summed E-state index contributed by atoms with van der Waals surface area (Å²) < 4.78 is 27.6. The molecule has 1 fully saturated rings. The van der Waals surface area contributed by atoms with Gasteiger partial charge >= 0.3 is 0 Å². The molecule has 1 saturated heterocycles. The maximum absolute atomic E-state index is 12.5. The molecule has 2 heterocycles. The smallest absolute Gasteiger partial charge is 0.260 e. The van der Waals surface area contributed by atoms with Crippen LogP contribution in [0.3, 0.4) is 0 Å². The summed E-state index contributed by atoms with van der Waals surface area (Å²) in [5.74, 6) is 0. The van der Waals surface area contributed by atoms with E-state index in [4.69, 9.17) is 0 Å². The van der Waals surface area contributed by atoms with Crippen LogP contribution in [0.1, 0.15) is 30.5 Å². The number of hydrogen-bond donors (Lipinski definition) is 3. The molecule has 1 unspecified atom stereocenters. The van der Waals surface area contributed by atoms with Crippen molar-refractivity contribution in [1.29, 1.82) is 0 Å². The Balaban J connectivity index is 2.08. The SMILES string of the molecule is CNCc1c(S(=O)(=O)NCC2CCCCN2C)n[nH]c1C. The normalized spacial score (nSPS) is 20.8. The third kappa shape index (κ3) is 3.82. The summed E-state index contributed by atoms with van der Waals surface area (Å²) in [6.07, 6.45) is 3.37. The lowest BCUT2D eigenvalue weighted by atomic mass is 10.0. The molecule has 0 bridgehead atoms. The number of likely N-dealkylation sites (tertiary alicyclic amines) is 1. The molecule has 0 saturated carbocycles. The fraction of sp³-hybridized carbons (Fsp3) is 0.769. The number of likely N-dealkylation sites (N-methyl/N-ethyl adjacent to an activating group) is 1. The van der Waals surface area contributed by atoms with E-state index in [-0.39, 0.29) is 11.1 Å². The predicted octanol–water partition coefficient (Wildman–Crippen LogP) is 0.200. The summed E-state index contributed by atoms with van der Waals surface area (Å²) in [4.78, 5) is 2.22. The molecule has 21 heavy (non-hydrogen) atoms. The zero-order valence-electron chi connectivity index (χ0n) is 12.9. The van der Waals surface area contributed by atoms with Gasteiger partial charge in [0.25, 0.3) is 10.0 Å². The maximum atomic E-state index is 12.5. The van der Waals surface area contributed by atoms with Crippen molar-refractivity contribution < 1.29 is 8.42 Å². The van der Waals surface area contributed by atoms with E-state index in [1.165, 1.54) is 6.42 Å². The topological polar surface area (TPSA) is 90.1 Å². The Morgan fingerprint density at radius 1 is 1.43 bits per heavy atom. The lowest BCUT2D eigenvalue weighted by Crippen LogP contribution is -2.44. The van der Waals surface area contributed by atoms with Crippen molar-refractivity contribution in [3.05, 3.63) is 11.3 Å². The number of nitrogens with one attached hydrogen (secondary N) is 3. The number of hydrogen-bond acceptors (Lipinski definition) is 5. The molecule has 0 amide bonds. The van der Waals surface area contributed by atoms with Crippen LogP contribution in [0.4, 0.5) is 0 Å².